The average Bonchev–Trinajstić information content (AvgIpc) is 3.06. The van der Waals surface area contributed by atoms with E-state index in [9.17, 15) is 4.79 Å². The highest BCUT2D eigenvalue weighted by atomic mass is 35.5. The lowest BCUT2D eigenvalue weighted by Crippen LogP contribution is -2.13. The van der Waals surface area contributed by atoms with Gasteiger partial charge in [0, 0.05) is 12.7 Å². The maximum absolute atomic E-state index is 12.4. The number of hydrogen-bond donors (Lipinski definition) is 3. The van der Waals surface area contributed by atoms with Crippen molar-refractivity contribution in [1.29, 1.82) is 0 Å². The molecule has 0 aliphatic carbocycles. The Morgan fingerprint density at radius 2 is 2.17 bits per heavy atom. The molecular formula is C15H13ClN6OS. The molecule has 9 heteroatoms. The molecule has 4 N–H and O–H groups in total. The van der Waals surface area contributed by atoms with Crippen LogP contribution in [0.3, 0.4) is 0 Å². The second kappa shape index (κ2) is 7.35. The Hall–Kier alpha value is -2.55. The van der Waals surface area contributed by atoms with Crippen molar-refractivity contribution in [2.75, 3.05) is 10.6 Å². The fourth-order valence-electron chi connectivity index (χ4n) is 1.97. The Balaban J connectivity index is 1.75. The second-order valence-electron chi connectivity index (χ2n) is 4.70. The number of nitrogens with zero attached hydrogens (tertiary/aromatic N) is 3. The van der Waals surface area contributed by atoms with Crippen LogP contribution >= 0.6 is 22.9 Å². The largest absolute Gasteiger partial charge is 0.326 e. The van der Waals surface area contributed by atoms with Gasteiger partial charge in [0.15, 0.2) is 10.9 Å². The van der Waals surface area contributed by atoms with Gasteiger partial charge in [-0.05, 0) is 23.8 Å². The van der Waals surface area contributed by atoms with Gasteiger partial charge < -0.3 is 16.4 Å². The fourth-order valence-corrected chi connectivity index (χ4v) is 2.93. The molecule has 7 nitrogen and oxygen atoms in total. The minimum atomic E-state index is -0.303. The number of carbonyl (C=O) groups is 1. The standard InChI is InChI=1S/C15H13ClN6OS/c16-10-4-1-3-9(7-17)13(10)21-14(23)11-8-18-15(24-11)20-12-5-2-6-19-22-12/h1-6,8H,7,17H2,(H,21,23)(H,18,20,22). The fraction of sp³-hybridized carbons (Fsp3) is 0.0667. The van der Waals surface area contributed by atoms with Crippen LogP contribution in [-0.2, 0) is 6.54 Å². The minimum absolute atomic E-state index is 0.276. The molecular weight excluding hydrogens is 348 g/mol. The molecule has 0 aliphatic rings. The van der Waals surface area contributed by atoms with Gasteiger partial charge in [0.25, 0.3) is 5.91 Å². The number of carbonyl (C=O) groups excluding carboxylic acids is 1. The van der Waals surface area contributed by atoms with Gasteiger partial charge in [-0.25, -0.2) is 4.98 Å². The molecule has 0 unspecified atom stereocenters. The topological polar surface area (TPSA) is 106 Å². The maximum Gasteiger partial charge on any atom is 0.267 e. The number of anilines is 3. The van der Waals surface area contributed by atoms with Crippen molar-refractivity contribution in [1.82, 2.24) is 15.2 Å². The van der Waals surface area contributed by atoms with E-state index >= 15 is 0 Å². The summed E-state index contributed by atoms with van der Waals surface area (Å²) in [5, 5.41) is 14.4. The normalized spacial score (nSPS) is 10.4. The van der Waals surface area contributed by atoms with Crippen LogP contribution in [0.25, 0.3) is 0 Å². The molecule has 2 aromatic heterocycles. The molecule has 2 heterocycles. The molecule has 0 fully saturated rings. The van der Waals surface area contributed by atoms with Crippen LogP contribution in [-0.4, -0.2) is 21.1 Å². The van der Waals surface area contributed by atoms with Crippen molar-refractivity contribution >= 4 is 45.5 Å². The highest BCUT2D eigenvalue weighted by Gasteiger charge is 2.14. The summed E-state index contributed by atoms with van der Waals surface area (Å²) in [6.07, 6.45) is 3.06. The van der Waals surface area contributed by atoms with E-state index in [0.717, 1.165) is 5.56 Å². The third-order valence-corrected chi connectivity index (χ3v) is 4.32. The van der Waals surface area contributed by atoms with Crippen molar-refractivity contribution < 1.29 is 4.79 Å². The Morgan fingerprint density at radius 3 is 2.92 bits per heavy atom. The molecule has 3 rings (SSSR count). The number of halogens is 1. The molecule has 0 saturated carbocycles. The predicted octanol–water partition coefficient (Wildman–Crippen LogP) is 3.04. The number of para-hydroxylation sites is 1. The van der Waals surface area contributed by atoms with E-state index in [4.69, 9.17) is 17.3 Å². The molecule has 0 atom stereocenters. The van der Waals surface area contributed by atoms with Crippen LogP contribution in [0.15, 0.2) is 42.7 Å². The van der Waals surface area contributed by atoms with Crippen molar-refractivity contribution in [3.8, 4) is 0 Å². The summed E-state index contributed by atoms with van der Waals surface area (Å²) in [6, 6.07) is 8.81. The number of nitrogens with one attached hydrogen (secondary N) is 2. The molecule has 122 valence electrons. The smallest absolute Gasteiger partial charge is 0.267 e. The van der Waals surface area contributed by atoms with E-state index in [2.05, 4.69) is 25.8 Å². The van der Waals surface area contributed by atoms with Gasteiger partial charge in [-0.3, -0.25) is 4.79 Å². The molecule has 1 aromatic carbocycles. The van der Waals surface area contributed by atoms with E-state index in [1.807, 2.05) is 6.07 Å². The lowest BCUT2D eigenvalue weighted by molar-refractivity contribution is 0.103. The van der Waals surface area contributed by atoms with Gasteiger partial charge in [0.1, 0.15) is 4.88 Å². The number of nitrogens with two attached hydrogens (primary N) is 1. The summed E-state index contributed by atoms with van der Waals surface area (Å²) in [6.45, 7) is 0.276. The first kappa shape index (κ1) is 16.3. The second-order valence-corrected chi connectivity index (χ2v) is 6.13. The molecule has 0 bridgehead atoms. The Bertz CT molecular complexity index is 854. The van der Waals surface area contributed by atoms with E-state index in [-0.39, 0.29) is 12.5 Å². The summed E-state index contributed by atoms with van der Waals surface area (Å²) in [5.74, 6) is 0.248. The Morgan fingerprint density at radius 1 is 1.29 bits per heavy atom. The lowest BCUT2D eigenvalue weighted by Gasteiger charge is -2.10. The van der Waals surface area contributed by atoms with Crippen molar-refractivity contribution in [3.05, 3.63) is 58.2 Å². The minimum Gasteiger partial charge on any atom is -0.326 e. The van der Waals surface area contributed by atoms with Crippen LogP contribution in [0, 0.1) is 0 Å². The molecule has 1 amide bonds. The first-order chi connectivity index (χ1) is 11.7. The Labute approximate surface area is 146 Å². The number of amides is 1. The molecule has 0 aliphatic heterocycles. The van der Waals surface area contributed by atoms with E-state index in [1.54, 1.807) is 30.5 Å². The third kappa shape index (κ3) is 3.67. The first-order valence-corrected chi connectivity index (χ1v) is 8.16. The molecule has 3 aromatic rings. The lowest BCUT2D eigenvalue weighted by atomic mass is 10.1. The maximum atomic E-state index is 12.4. The van der Waals surface area contributed by atoms with E-state index in [0.29, 0.717) is 26.5 Å². The zero-order valence-electron chi connectivity index (χ0n) is 12.4. The summed E-state index contributed by atoms with van der Waals surface area (Å²) in [7, 11) is 0. The number of aromatic nitrogens is 3. The quantitative estimate of drug-likeness (QED) is 0.645. The van der Waals surface area contributed by atoms with Crippen LogP contribution in [0.5, 0.6) is 0 Å². The van der Waals surface area contributed by atoms with Gasteiger partial charge >= 0.3 is 0 Å². The number of rotatable bonds is 5. The first-order valence-electron chi connectivity index (χ1n) is 6.96. The monoisotopic (exact) mass is 360 g/mol. The average molecular weight is 361 g/mol. The summed E-state index contributed by atoms with van der Waals surface area (Å²) < 4.78 is 0. The van der Waals surface area contributed by atoms with Gasteiger partial charge in [0.05, 0.1) is 16.9 Å². The van der Waals surface area contributed by atoms with Gasteiger partial charge in [-0.15, -0.1) is 5.10 Å². The van der Waals surface area contributed by atoms with Crippen LogP contribution in [0.1, 0.15) is 15.2 Å². The number of hydrogen-bond acceptors (Lipinski definition) is 7. The summed E-state index contributed by atoms with van der Waals surface area (Å²) in [5.41, 5.74) is 6.96. The van der Waals surface area contributed by atoms with Crippen LogP contribution < -0.4 is 16.4 Å². The van der Waals surface area contributed by atoms with Crippen LogP contribution in [0.4, 0.5) is 16.6 Å². The zero-order chi connectivity index (χ0) is 16.9. The van der Waals surface area contributed by atoms with Gasteiger partial charge in [-0.1, -0.05) is 35.1 Å². The van der Waals surface area contributed by atoms with E-state index in [1.165, 1.54) is 17.5 Å². The van der Waals surface area contributed by atoms with Gasteiger partial charge in [0.2, 0.25) is 0 Å². The van der Waals surface area contributed by atoms with Crippen LogP contribution in [0.2, 0.25) is 5.02 Å². The summed E-state index contributed by atoms with van der Waals surface area (Å²) in [4.78, 5) is 17.0. The van der Waals surface area contributed by atoms with Crippen molar-refractivity contribution in [3.63, 3.8) is 0 Å². The Kier molecular flexibility index (Phi) is 4.99. The number of thiazole rings is 1. The third-order valence-electron chi connectivity index (χ3n) is 3.10. The SMILES string of the molecule is NCc1cccc(Cl)c1NC(=O)c1cnc(Nc2cccnn2)s1. The predicted molar refractivity (Wildman–Crippen MR) is 94.7 cm³/mol. The zero-order valence-corrected chi connectivity index (χ0v) is 13.9. The highest BCUT2D eigenvalue weighted by molar-refractivity contribution is 7.17. The van der Waals surface area contributed by atoms with Gasteiger partial charge in [-0.2, -0.15) is 5.10 Å². The van der Waals surface area contributed by atoms with Crippen molar-refractivity contribution in [2.24, 2.45) is 5.73 Å². The van der Waals surface area contributed by atoms with E-state index < -0.39 is 0 Å². The van der Waals surface area contributed by atoms with Crippen molar-refractivity contribution in [2.45, 2.75) is 6.54 Å². The molecule has 0 saturated heterocycles. The molecule has 24 heavy (non-hydrogen) atoms. The molecule has 0 radical (unpaired) electrons. The number of benzene rings is 1. The highest BCUT2D eigenvalue weighted by Crippen LogP contribution is 2.28. The molecule has 0 spiro atoms. The summed E-state index contributed by atoms with van der Waals surface area (Å²) >= 11 is 7.34.